The van der Waals surface area contributed by atoms with Gasteiger partial charge in [-0.2, -0.15) is 0 Å². The molecule has 0 amide bonds. The van der Waals surface area contributed by atoms with Gasteiger partial charge in [-0.1, -0.05) is 26.3 Å². The maximum Gasteiger partial charge on any atom is 0.330 e. The van der Waals surface area contributed by atoms with Gasteiger partial charge in [0.1, 0.15) is 0 Å². The number of carboxylic acid groups (broad SMARTS) is 1. The molecule has 0 saturated heterocycles. The summed E-state index contributed by atoms with van der Waals surface area (Å²) in [4.78, 5) is 10.4. The molecule has 0 saturated carbocycles. The van der Waals surface area contributed by atoms with Crippen LogP contribution in [0.5, 0.6) is 0 Å². The van der Waals surface area contributed by atoms with Crippen LogP contribution in [0.3, 0.4) is 0 Å². The summed E-state index contributed by atoms with van der Waals surface area (Å²) in [5, 5.41) is 8.52. The molecule has 0 aromatic rings. The first-order valence-corrected chi connectivity index (χ1v) is 4.44. The summed E-state index contributed by atoms with van der Waals surface area (Å²) in [6.07, 6.45) is 4.94. The fourth-order valence-electron chi connectivity index (χ4n) is 0.932. The average Bonchev–Trinajstić information content (AvgIpc) is 1.97. The molecule has 0 aromatic carbocycles. The van der Waals surface area contributed by atoms with Crippen LogP contribution in [0.1, 0.15) is 40.0 Å². The Morgan fingerprint density at radius 2 is 2.08 bits per heavy atom. The lowest BCUT2D eigenvalue weighted by atomic mass is 10.1. The van der Waals surface area contributed by atoms with Gasteiger partial charge in [0.2, 0.25) is 0 Å². The van der Waals surface area contributed by atoms with Crippen LogP contribution in [-0.2, 0) is 4.79 Å². The van der Waals surface area contributed by atoms with Crippen LogP contribution in [0.4, 0.5) is 0 Å². The van der Waals surface area contributed by atoms with E-state index >= 15 is 0 Å². The van der Waals surface area contributed by atoms with Gasteiger partial charge in [0.25, 0.3) is 0 Å². The van der Waals surface area contributed by atoms with E-state index in [2.05, 4.69) is 13.8 Å². The second-order valence-electron chi connectivity index (χ2n) is 3.52. The van der Waals surface area contributed by atoms with Crippen molar-refractivity contribution in [3.05, 3.63) is 11.6 Å². The Labute approximate surface area is 74.3 Å². The van der Waals surface area contributed by atoms with Crippen molar-refractivity contribution in [1.29, 1.82) is 0 Å². The van der Waals surface area contributed by atoms with E-state index in [4.69, 9.17) is 5.11 Å². The first kappa shape index (κ1) is 11.2. The van der Waals surface area contributed by atoms with Crippen molar-refractivity contribution in [3.8, 4) is 0 Å². The second-order valence-corrected chi connectivity index (χ2v) is 3.52. The Balaban J connectivity index is 3.54. The van der Waals surface area contributed by atoms with Crippen LogP contribution in [0, 0.1) is 5.92 Å². The summed E-state index contributed by atoms with van der Waals surface area (Å²) in [5.41, 5.74) is 0.457. The Kier molecular flexibility index (Phi) is 5.43. The Morgan fingerprint density at radius 1 is 1.50 bits per heavy atom. The van der Waals surface area contributed by atoms with Gasteiger partial charge >= 0.3 is 5.97 Å². The van der Waals surface area contributed by atoms with E-state index in [9.17, 15) is 4.79 Å². The first-order chi connectivity index (χ1) is 5.54. The van der Waals surface area contributed by atoms with E-state index in [0.29, 0.717) is 11.5 Å². The smallest absolute Gasteiger partial charge is 0.330 e. The minimum atomic E-state index is -0.806. The van der Waals surface area contributed by atoms with Gasteiger partial charge < -0.3 is 5.11 Å². The van der Waals surface area contributed by atoms with Crippen LogP contribution in [0.15, 0.2) is 11.6 Å². The molecule has 70 valence electrons. The number of unbranched alkanes of at least 4 members (excludes halogenated alkanes) is 1. The summed E-state index contributed by atoms with van der Waals surface area (Å²) in [6.45, 7) is 5.99. The predicted molar refractivity (Wildman–Crippen MR) is 50.1 cm³/mol. The van der Waals surface area contributed by atoms with E-state index in [1.807, 2.05) is 0 Å². The SMILES string of the molecule is C/C(=C\CCCC(C)C)C(=O)O. The molecular weight excluding hydrogens is 152 g/mol. The van der Waals surface area contributed by atoms with Crippen LogP contribution < -0.4 is 0 Å². The number of rotatable bonds is 5. The molecule has 0 bridgehead atoms. The number of carboxylic acids is 1. The molecule has 2 heteroatoms. The zero-order valence-electron chi connectivity index (χ0n) is 8.13. The molecule has 0 atom stereocenters. The van der Waals surface area contributed by atoms with Gasteiger partial charge in [0, 0.05) is 5.57 Å². The Bertz CT molecular complexity index is 169. The van der Waals surface area contributed by atoms with Crippen molar-refractivity contribution < 1.29 is 9.90 Å². The molecule has 0 aliphatic rings. The molecule has 2 nitrogen and oxygen atoms in total. The van der Waals surface area contributed by atoms with E-state index < -0.39 is 5.97 Å². The third kappa shape index (κ3) is 5.96. The third-order valence-electron chi connectivity index (χ3n) is 1.77. The van der Waals surface area contributed by atoms with Gasteiger partial charge in [-0.3, -0.25) is 0 Å². The molecule has 0 radical (unpaired) electrons. The van der Waals surface area contributed by atoms with E-state index in [1.165, 1.54) is 6.42 Å². The quantitative estimate of drug-likeness (QED) is 0.509. The molecule has 0 rings (SSSR count). The van der Waals surface area contributed by atoms with Gasteiger partial charge in [-0.25, -0.2) is 4.79 Å². The van der Waals surface area contributed by atoms with Gasteiger partial charge in [0.05, 0.1) is 0 Å². The topological polar surface area (TPSA) is 37.3 Å². The summed E-state index contributed by atoms with van der Waals surface area (Å²) < 4.78 is 0. The zero-order valence-corrected chi connectivity index (χ0v) is 8.13. The Hall–Kier alpha value is -0.790. The molecule has 0 unspecified atom stereocenters. The summed E-state index contributed by atoms with van der Waals surface area (Å²) in [7, 11) is 0. The van der Waals surface area contributed by atoms with Crippen molar-refractivity contribution in [2.45, 2.75) is 40.0 Å². The standard InChI is InChI=1S/C10H18O2/c1-8(2)6-4-5-7-9(3)10(11)12/h7-8H,4-6H2,1-3H3,(H,11,12)/b9-7+. The lowest BCUT2D eigenvalue weighted by molar-refractivity contribution is -0.132. The molecule has 0 aliphatic heterocycles. The fraction of sp³-hybridized carbons (Fsp3) is 0.700. The summed E-state index contributed by atoms with van der Waals surface area (Å²) >= 11 is 0. The highest BCUT2D eigenvalue weighted by Gasteiger charge is 1.98. The molecule has 0 fully saturated rings. The second kappa shape index (κ2) is 5.81. The maximum absolute atomic E-state index is 10.4. The van der Waals surface area contributed by atoms with Crippen LogP contribution in [0.2, 0.25) is 0 Å². The monoisotopic (exact) mass is 170 g/mol. The van der Waals surface area contributed by atoms with Gasteiger partial charge in [-0.05, 0) is 25.7 Å². The average molecular weight is 170 g/mol. The maximum atomic E-state index is 10.4. The van der Waals surface area contributed by atoms with Crippen molar-refractivity contribution >= 4 is 5.97 Å². The highest BCUT2D eigenvalue weighted by molar-refractivity contribution is 5.85. The fourth-order valence-corrected chi connectivity index (χ4v) is 0.932. The number of aliphatic carboxylic acids is 1. The van der Waals surface area contributed by atoms with Crippen molar-refractivity contribution in [3.63, 3.8) is 0 Å². The van der Waals surface area contributed by atoms with Gasteiger partial charge in [0.15, 0.2) is 0 Å². The van der Waals surface area contributed by atoms with E-state index in [0.717, 1.165) is 12.8 Å². The Morgan fingerprint density at radius 3 is 2.50 bits per heavy atom. The molecule has 0 aromatic heterocycles. The van der Waals surface area contributed by atoms with Crippen LogP contribution in [0.25, 0.3) is 0 Å². The molecule has 12 heavy (non-hydrogen) atoms. The largest absolute Gasteiger partial charge is 0.478 e. The molecular formula is C10H18O2. The predicted octanol–water partition coefficient (Wildman–Crippen LogP) is 2.84. The van der Waals surface area contributed by atoms with E-state index in [1.54, 1.807) is 13.0 Å². The minimum absolute atomic E-state index is 0.457. The molecule has 0 spiro atoms. The molecule has 1 N–H and O–H groups in total. The molecule has 0 aliphatic carbocycles. The third-order valence-corrected chi connectivity index (χ3v) is 1.77. The van der Waals surface area contributed by atoms with E-state index in [-0.39, 0.29) is 0 Å². The molecule has 0 heterocycles. The van der Waals surface area contributed by atoms with Crippen LogP contribution in [-0.4, -0.2) is 11.1 Å². The normalized spacial score (nSPS) is 12.2. The number of carbonyl (C=O) groups is 1. The lowest BCUT2D eigenvalue weighted by Gasteiger charge is -2.01. The van der Waals surface area contributed by atoms with Crippen LogP contribution >= 0.6 is 0 Å². The van der Waals surface area contributed by atoms with Crippen molar-refractivity contribution in [1.82, 2.24) is 0 Å². The number of hydrogen-bond donors (Lipinski definition) is 1. The highest BCUT2D eigenvalue weighted by atomic mass is 16.4. The van der Waals surface area contributed by atoms with Crippen molar-refractivity contribution in [2.24, 2.45) is 5.92 Å². The number of allylic oxidation sites excluding steroid dienone is 1. The zero-order chi connectivity index (χ0) is 9.56. The summed E-state index contributed by atoms with van der Waals surface area (Å²) in [5.74, 6) is -0.0944. The summed E-state index contributed by atoms with van der Waals surface area (Å²) in [6, 6.07) is 0. The first-order valence-electron chi connectivity index (χ1n) is 4.44. The van der Waals surface area contributed by atoms with Gasteiger partial charge in [-0.15, -0.1) is 0 Å². The lowest BCUT2D eigenvalue weighted by Crippen LogP contribution is -1.95. The minimum Gasteiger partial charge on any atom is -0.478 e. The van der Waals surface area contributed by atoms with Crippen molar-refractivity contribution in [2.75, 3.05) is 0 Å². The number of hydrogen-bond acceptors (Lipinski definition) is 1. The highest BCUT2D eigenvalue weighted by Crippen LogP contribution is 2.07.